The SMILES string of the molecule is COc1ccc(C)cc1C(=O)c1ccc(Cl)o1. The second-order valence-electron chi connectivity index (χ2n) is 3.64. The first-order valence-corrected chi connectivity index (χ1v) is 5.44. The summed E-state index contributed by atoms with van der Waals surface area (Å²) in [4.78, 5) is 12.2. The van der Waals surface area contributed by atoms with Gasteiger partial charge < -0.3 is 9.15 Å². The maximum atomic E-state index is 12.2. The topological polar surface area (TPSA) is 39.4 Å². The van der Waals surface area contributed by atoms with Gasteiger partial charge in [-0.3, -0.25) is 4.79 Å². The third-order valence-electron chi connectivity index (χ3n) is 2.40. The number of benzene rings is 1. The number of furan rings is 1. The van der Waals surface area contributed by atoms with E-state index in [-0.39, 0.29) is 16.8 Å². The van der Waals surface area contributed by atoms with Crippen LogP contribution in [0.4, 0.5) is 0 Å². The molecule has 0 N–H and O–H groups in total. The Kier molecular flexibility index (Phi) is 3.20. The van der Waals surface area contributed by atoms with E-state index in [0.717, 1.165) is 5.56 Å². The van der Waals surface area contributed by atoms with Gasteiger partial charge in [-0.1, -0.05) is 11.6 Å². The third-order valence-corrected chi connectivity index (χ3v) is 2.60. The molecule has 0 fully saturated rings. The molecule has 0 aliphatic carbocycles. The van der Waals surface area contributed by atoms with Crippen molar-refractivity contribution in [2.24, 2.45) is 0 Å². The molecule has 0 unspecified atom stereocenters. The molecule has 0 spiro atoms. The van der Waals surface area contributed by atoms with Gasteiger partial charge in [-0.05, 0) is 42.8 Å². The van der Waals surface area contributed by atoms with Crippen LogP contribution in [0.5, 0.6) is 5.75 Å². The minimum Gasteiger partial charge on any atom is -0.496 e. The van der Waals surface area contributed by atoms with E-state index in [1.54, 1.807) is 18.2 Å². The van der Waals surface area contributed by atoms with E-state index in [2.05, 4.69) is 0 Å². The minimum atomic E-state index is -0.238. The highest BCUT2D eigenvalue weighted by Gasteiger charge is 2.17. The Morgan fingerprint density at radius 2 is 2.06 bits per heavy atom. The first-order valence-electron chi connectivity index (χ1n) is 5.06. The van der Waals surface area contributed by atoms with Crippen molar-refractivity contribution in [3.05, 3.63) is 52.4 Å². The number of hydrogen-bond acceptors (Lipinski definition) is 3. The number of methoxy groups -OCH3 is 1. The van der Waals surface area contributed by atoms with Crippen molar-refractivity contribution < 1.29 is 13.9 Å². The molecule has 2 rings (SSSR count). The van der Waals surface area contributed by atoms with Crippen molar-refractivity contribution in [1.29, 1.82) is 0 Å². The summed E-state index contributed by atoms with van der Waals surface area (Å²) < 4.78 is 10.3. The molecule has 1 heterocycles. The Balaban J connectivity index is 2.46. The predicted molar refractivity (Wildman–Crippen MR) is 64.9 cm³/mol. The lowest BCUT2D eigenvalue weighted by atomic mass is 10.1. The van der Waals surface area contributed by atoms with Gasteiger partial charge in [0.2, 0.25) is 5.78 Å². The summed E-state index contributed by atoms with van der Waals surface area (Å²) in [5.41, 5.74) is 1.45. The van der Waals surface area contributed by atoms with Gasteiger partial charge in [0.05, 0.1) is 12.7 Å². The van der Waals surface area contributed by atoms with Crippen molar-refractivity contribution in [2.45, 2.75) is 6.92 Å². The zero-order chi connectivity index (χ0) is 12.4. The average Bonchev–Trinajstić information content (AvgIpc) is 2.75. The summed E-state index contributed by atoms with van der Waals surface area (Å²) >= 11 is 5.65. The fraction of sp³-hybridized carbons (Fsp3) is 0.154. The van der Waals surface area contributed by atoms with Crippen molar-refractivity contribution in [1.82, 2.24) is 0 Å². The zero-order valence-corrected chi connectivity index (χ0v) is 10.2. The molecule has 0 radical (unpaired) electrons. The fourth-order valence-corrected chi connectivity index (χ4v) is 1.71. The van der Waals surface area contributed by atoms with Crippen LogP contribution in [0.1, 0.15) is 21.7 Å². The van der Waals surface area contributed by atoms with Gasteiger partial charge in [-0.15, -0.1) is 0 Å². The van der Waals surface area contributed by atoms with Crippen LogP contribution in [0.15, 0.2) is 34.7 Å². The van der Waals surface area contributed by atoms with Gasteiger partial charge in [0, 0.05) is 0 Å². The summed E-state index contributed by atoms with van der Waals surface area (Å²) in [6.45, 7) is 1.91. The Labute approximate surface area is 104 Å². The predicted octanol–water partition coefficient (Wildman–Crippen LogP) is 3.48. The standard InChI is InChI=1S/C13H11ClO3/c1-8-3-4-10(16-2)9(7-8)13(15)11-5-6-12(14)17-11/h3-7H,1-2H3. The third kappa shape index (κ3) is 2.34. The first kappa shape index (κ1) is 11.7. The van der Waals surface area contributed by atoms with Crippen molar-refractivity contribution in [3.8, 4) is 5.75 Å². The molecule has 1 aromatic carbocycles. The largest absolute Gasteiger partial charge is 0.496 e. The van der Waals surface area contributed by atoms with E-state index in [1.165, 1.54) is 13.2 Å². The molecule has 2 aromatic rings. The molecule has 88 valence electrons. The van der Waals surface area contributed by atoms with Gasteiger partial charge in [0.15, 0.2) is 11.0 Å². The zero-order valence-electron chi connectivity index (χ0n) is 9.49. The number of rotatable bonds is 3. The van der Waals surface area contributed by atoms with Crippen LogP contribution < -0.4 is 4.74 Å². The smallest absolute Gasteiger partial charge is 0.231 e. The fourth-order valence-electron chi connectivity index (χ4n) is 1.57. The Bertz CT molecular complexity index is 558. The van der Waals surface area contributed by atoms with Crippen LogP contribution in [-0.4, -0.2) is 12.9 Å². The van der Waals surface area contributed by atoms with Crippen LogP contribution in [0, 0.1) is 6.92 Å². The molecule has 0 aliphatic heterocycles. The normalized spacial score (nSPS) is 10.3. The highest BCUT2D eigenvalue weighted by Crippen LogP contribution is 2.24. The second-order valence-corrected chi connectivity index (χ2v) is 4.01. The number of aryl methyl sites for hydroxylation is 1. The molecule has 17 heavy (non-hydrogen) atoms. The Morgan fingerprint density at radius 1 is 1.29 bits per heavy atom. The molecule has 0 aliphatic rings. The minimum absolute atomic E-state index is 0.194. The van der Waals surface area contributed by atoms with Crippen molar-refractivity contribution >= 4 is 17.4 Å². The van der Waals surface area contributed by atoms with E-state index in [0.29, 0.717) is 11.3 Å². The van der Waals surface area contributed by atoms with E-state index in [4.69, 9.17) is 20.8 Å². The molecular weight excluding hydrogens is 240 g/mol. The summed E-state index contributed by atoms with van der Waals surface area (Å²) in [6.07, 6.45) is 0. The van der Waals surface area contributed by atoms with Gasteiger partial charge in [-0.2, -0.15) is 0 Å². The quantitative estimate of drug-likeness (QED) is 0.783. The Hall–Kier alpha value is -1.74. The van der Waals surface area contributed by atoms with Gasteiger partial charge in [0.25, 0.3) is 0 Å². The van der Waals surface area contributed by atoms with E-state index >= 15 is 0 Å². The van der Waals surface area contributed by atoms with Gasteiger partial charge >= 0.3 is 0 Å². The molecule has 0 saturated heterocycles. The van der Waals surface area contributed by atoms with Crippen LogP contribution in [-0.2, 0) is 0 Å². The molecule has 1 aromatic heterocycles. The number of ether oxygens (including phenoxy) is 1. The van der Waals surface area contributed by atoms with Crippen molar-refractivity contribution in [3.63, 3.8) is 0 Å². The molecule has 3 nitrogen and oxygen atoms in total. The number of carbonyl (C=O) groups is 1. The van der Waals surface area contributed by atoms with Crippen LogP contribution in [0.3, 0.4) is 0 Å². The molecule has 0 saturated carbocycles. The lowest BCUT2D eigenvalue weighted by molar-refractivity contribution is 0.101. The number of hydrogen-bond donors (Lipinski definition) is 0. The van der Waals surface area contributed by atoms with Crippen molar-refractivity contribution in [2.75, 3.05) is 7.11 Å². The summed E-state index contributed by atoms with van der Waals surface area (Å²) in [7, 11) is 1.52. The summed E-state index contributed by atoms with van der Waals surface area (Å²) in [6, 6.07) is 8.49. The molecule has 0 atom stereocenters. The maximum Gasteiger partial charge on any atom is 0.231 e. The highest BCUT2D eigenvalue weighted by atomic mass is 35.5. The Morgan fingerprint density at radius 3 is 2.65 bits per heavy atom. The lowest BCUT2D eigenvalue weighted by Gasteiger charge is -2.06. The van der Waals surface area contributed by atoms with Crippen LogP contribution in [0.2, 0.25) is 5.22 Å². The van der Waals surface area contributed by atoms with E-state index in [1.807, 2.05) is 13.0 Å². The maximum absolute atomic E-state index is 12.2. The lowest BCUT2D eigenvalue weighted by Crippen LogP contribution is -2.03. The monoisotopic (exact) mass is 250 g/mol. The molecule has 0 amide bonds. The summed E-state index contributed by atoms with van der Waals surface area (Å²) in [5.74, 6) is 0.490. The van der Waals surface area contributed by atoms with E-state index < -0.39 is 0 Å². The van der Waals surface area contributed by atoms with Crippen LogP contribution in [0.25, 0.3) is 0 Å². The van der Waals surface area contributed by atoms with Crippen LogP contribution >= 0.6 is 11.6 Å². The average molecular weight is 251 g/mol. The number of ketones is 1. The molecule has 0 bridgehead atoms. The first-order chi connectivity index (χ1) is 8.11. The molecule has 4 heteroatoms. The second kappa shape index (κ2) is 4.63. The number of carbonyl (C=O) groups excluding carboxylic acids is 1. The summed E-state index contributed by atoms with van der Waals surface area (Å²) in [5, 5.41) is 0.194. The van der Waals surface area contributed by atoms with Gasteiger partial charge in [-0.25, -0.2) is 0 Å². The highest BCUT2D eigenvalue weighted by molar-refractivity contribution is 6.29. The van der Waals surface area contributed by atoms with E-state index in [9.17, 15) is 4.79 Å². The molecular formula is C13H11ClO3. The number of halogens is 1. The van der Waals surface area contributed by atoms with Gasteiger partial charge in [0.1, 0.15) is 5.75 Å².